The van der Waals surface area contributed by atoms with Crippen LogP contribution < -0.4 is 4.74 Å². The van der Waals surface area contributed by atoms with Gasteiger partial charge in [0, 0.05) is 11.6 Å². The lowest BCUT2D eigenvalue weighted by molar-refractivity contribution is 0.415. The summed E-state index contributed by atoms with van der Waals surface area (Å²) in [5.41, 5.74) is 5.63. The van der Waals surface area contributed by atoms with E-state index in [0.29, 0.717) is 0 Å². The summed E-state index contributed by atoms with van der Waals surface area (Å²) in [5.74, 6) is 1.74. The molecule has 0 fully saturated rings. The van der Waals surface area contributed by atoms with Crippen molar-refractivity contribution in [2.24, 2.45) is 0 Å². The fourth-order valence-electron chi connectivity index (χ4n) is 2.25. The van der Waals surface area contributed by atoms with Gasteiger partial charge in [-0.15, -0.1) is 0 Å². The van der Waals surface area contributed by atoms with E-state index in [4.69, 9.17) is 4.74 Å². The van der Waals surface area contributed by atoms with Gasteiger partial charge in [0.25, 0.3) is 0 Å². The van der Waals surface area contributed by atoms with Gasteiger partial charge in [0.05, 0.1) is 18.1 Å². The molecule has 3 nitrogen and oxygen atoms in total. The van der Waals surface area contributed by atoms with Crippen molar-refractivity contribution in [2.75, 3.05) is 7.11 Å². The number of nitrogens with one attached hydrogen (secondary N) is 1. The van der Waals surface area contributed by atoms with E-state index in [1.54, 1.807) is 7.11 Å². The van der Waals surface area contributed by atoms with Crippen LogP contribution in [0.4, 0.5) is 0 Å². The minimum absolute atomic E-state index is 0.837. The Labute approximate surface area is 112 Å². The van der Waals surface area contributed by atoms with E-state index >= 15 is 0 Å². The third-order valence-corrected chi connectivity index (χ3v) is 3.55. The summed E-state index contributed by atoms with van der Waals surface area (Å²) in [6.45, 7) is 4.24. The molecule has 1 aromatic heterocycles. The lowest BCUT2D eigenvalue weighted by atomic mass is 10.0. The highest BCUT2D eigenvalue weighted by Gasteiger charge is 2.09. The van der Waals surface area contributed by atoms with Crippen molar-refractivity contribution in [3.63, 3.8) is 0 Å². The Balaban J connectivity index is 2.18. The van der Waals surface area contributed by atoms with Crippen LogP contribution >= 0.6 is 0 Å². The zero-order valence-corrected chi connectivity index (χ0v) is 11.3. The zero-order chi connectivity index (χ0) is 13.4. The normalized spacial score (nSPS) is 10.9. The number of nitrogens with zero attached hydrogens (tertiary/aromatic N) is 1. The molecule has 1 N–H and O–H groups in total. The highest BCUT2D eigenvalue weighted by Crippen LogP contribution is 2.26. The minimum atomic E-state index is 0.837. The molecule has 0 atom stereocenters. The molecule has 0 aliphatic rings. The maximum atomic E-state index is 5.23. The molecule has 0 bridgehead atoms. The molecule has 19 heavy (non-hydrogen) atoms. The highest BCUT2D eigenvalue weighted by atomic mass is 16.5. The summed E-state index contributed by atoms with van der Waals surface area (Å²) in [6.07, 6.45) is 0. The molecule has 3 heteroatoms. The van der Waals surface area contributed by atoms with Gasteiger partial charge < -0.3 is 9.72 Å². The van der Waals surface area contributed by atoms with E-state index in [9.17, 15) is 0 Å². The quantitative estimate of drug-likeness (QED) is 0.752. The molecule has 0 unspecified atom stereocenters. The molecule has 0 amide bonds. The fraction of sp³-hybridized carbons (Fsp3) is 0.188. The molecule has 2 aromatic carbocycles. The van der Waals surface area contributed by atoms with Crippen LogP contribution in [-0.2, 0) is 0 Å². The van der Waals surface area contributed by atoms with E-state index in [1.807, 2.05) is 18.2 Å². The topological polar surface area (TPSA) is 37.9 Å². The van der Waals surface area contributed by atoms with E-state index in [1.165, 1.54) is 11.1 Å². The van der Waals surface area contributed by atoms with Gasteiger partial charge >= 0.3 is 0 Å². The number of methoxy groups -OCH3 is 1. The Morgan fingerprint density at radius 1 is 1.11 bits per heavy atom. The maximum Gasteiger partial charge on any atom is 0.138 e. The summed E-state index contributed by atoms with van der Waals surface area (Å²) in [5, 5.41) is 0. The summed E-state index contributed by atoms with van der Waals surface area (Å²) >= 11 is 0. The van der Waals surface area contributed by atoms with Crippen molar-refractivity contribution in [2.45, 2.75) is 13.8 Å². The third kappa shape index (κ3) is 1.97. The summed E-state index contributed by atoms with van der Waals surface area (Å²) in [6, 6.07) is 12.1. The van der Waals surface area contributed by atoms with E-state index in [2.05, 4.69) is 42.0 Å². The van der Waals surface area contributed by atoms with Crippen LogP contribution in [0.3, 0.4) is 0 Å². The van der Waals surface area contributed by atoms with Crippen LogP contribution in [0.15, 0.2) is 36.4 Å². The van der Waals surface area contributed by atoms with E-state index in [-0.39, 0.29) is 0 Å². The van der Waals surface area contributed by atoms with Crippen molar-refractivity contribution in [1.29, 1.82) is 0 Å². The number of benzene rings is 2. The van der Waals surface area contributed by atoms with E-state index in [0.717, 1.165) is 28.2 Å². The number of imidazole rings is 1. The van der Waals surface area contributed by atoms with Gasteiger partial charge in [0.15, 0.2) is 0 Å². The third-order valence-electron chi connectivity index (χ3n) is 3.55. The Morgan fingerprint density at radius 3 is 2.74 bits per heavy atom. The number of hydrogen-bond acceptors (Lipinski definition) is 2. The molecular formula is C16H16N2O. The van der Waals surface area contributed by atoms with Crippen LogP contribution in [0.25, 0.3) is 22.4 Å². The highest BCUT2D eigenvalue weighted by molar-refractivity contribution is 5.81. The summed E-state index contributed by atoms with van der Waals surface area (Å²) in [7, 11) is 1.67. The first-order chi connectivity index (χ1) is 9.19. The first-order valence-electron chi connectivity index (χ1n) is 6.29. The lowest BCUT2D eigenvalue weighted by Gasteiger charge is -2.05. The molecule has 0 spiro atoms. The lowest BCUT2D eigenvalue weighted by Crippen LogP contribution is -1.88. The van der Waals surface area contributed by atoms with Gasteiger partial charge in [-0.1, -0.05) is 18.2 Å². The monoisotopic (exact) mass is 252 g/mol. The number of rotatable bonds is 2. The van der Waals surface area contributed by atoms with Gasteiger partial charge in [-0.3, -0.25) is 0 Å². The van der Waals surface area contributed by atoms with Crippen LogP contribution in [0, 0.1) is 13.8 Å². The fourth-order valence-corrected chi connectivity index (χ4v) is 2.25. The zero-order valence-electron chi connectivity index (χ0n) is 11.3. The first kappa shape index (κ1) is 11.8. The second kappa shape index (κ2) is 4.43. The van der Waals surface area contributed by atoms with Crippen molar-refractivity contribution in [3.8, 4) is 17.1 Å². The van der Waals surface area contributed by atoms with Gasteiger partial charge in [0.1, 0.15) is 11.6 Å². The van der Waals surface area contributed by atoms with Gasteiger partial charge in [-0.25, -0.2) is 4.98 Å². The molecule has 1 heterocycles. The maximum absolute atomic E-state index is 5.23. The number of hydrogen-bond donors (Lipinski definition) is 1. The van der Waals surface area contributed by atoms with Crippen molar-refractivity contribution in [1.82, 2.24) is 9.97 Å². The van der Waals surface area contributed by atoms with E-state index < -0.39 is 0 Å². The second-order valence-electron chi connectivity index (χ2n) is 4.72. The standard InChI is InChI=1S/C16H16N2O/c1-10-5-4-6-13(11(10)2)16-17-14-8-7-12(19-3)9-15(14)18-16/h4-9H,1-3H3,(H,17,18). The molecule has 0 saturated heterocycles. The van der Waals surface area contributed by atoms with Crippen LogP contribution in [-0.4, -0.2) is 17.1 Å². The molecular weight excluding hydrogens is 236 g/mol. The first-order valence-corrected chi connectivity index (χ1v) is 6.29. The van der Waals surface area contributed by atoms with Crippen molar-refractivity contribution in [3.05, 3.63) is 47.5 Å². The van der Waals surface area contributed by atoms with Crippen LogP contribution in [0.2, 0.25) is 0 Å². The number of aromatic nitrogens is 2. The van der Waals surface area contributed by atoms with Crippen molar-refractivity contribution >= 4 is 11.0 Å². The number of H-pyrrole nitrogens is 1. The van der Waals surface area contributed by atoms with Crippen LogP contribution in [0.5, 0.6) is 5.75 Å². The Kier molecular flexibility index (Phi) is 2.75. The summed E-state index contributed by atoms with van der Waals surface area (Å²) < 4.78 is 5.23. The van der Waals surface area contributed by atoms with Gasteiger partial charge in [-0.2, -0.15) is 0 Å². The Bertz CT molecular complexity index is 744. The van der Waals surface area contributed by atoms with Crippen molar-refractivity contribution < 1.29 is 4.74 Å². The molecule has 3 aromatic rings. The molecule has 96 valence electrons. The number of fused-ring (bicyclic) bond motifs is 1. The van der Waals surface area contributed by atoms with Crippen LogP contribution in [0.1, 0.15) is 11.1 Å². The molecule has 0 saturated carbocycles. The SMILES string of the molecule is COc1ccc2nc(-c3cccc(C)c3C)[nH]c2c1. The average Bonchev–Trinajstić information content (AvgIpc) is 2.84. The Hall–Kier alpha value is -2.29. The van der Waals surface area contributed by atoms with Gasteiger partial charge in [0.2, 0.25) is 0 Å². The number of aryl methyl sites for hydroxylation is 1. The number of ether oxygens (including phenoxy) is 1. The second-order valence-corrected chi connectivity index (χ2v) is 4.72. The number of aromatic amines is 1. The largest absolute Gasteiger partial charge is 0.497 e. The molecule has 0 radical (unpaired) electrons. The Morgan fingerprint density at radius 2 is 1.95 bits per heavy atom. The molecule has 3 rings (SSSR count). The molecule has 0 aliphatic heterocycles. The summed E-state index contributed by atoms with van der Waals surface area (Å²) in [4.78, 5) is 8.01. The smallest absolute Gasteiger partial charge is 0.138 e. The minimum Gasteiger partial charge on any atom is -0.497 e. The average molecular weight is 252 g/mol. The molecule has 0 aliphatic carbocycles. The predicted octanol–water partition coefficient (Wildman–Crippen LogP) is 3.86. The van der Waals surface area contributed by atoms with Gasteiger partial charge in [-0.05, 0) is 37.1 Å². The predicted molar refractivity (Wildman–Crippen MR) is 77.6 cm³/mol.